The van der Waals surface area contributed by atoms with Gasteiger partial charge < -0.3 is 19.0 Å². The van der Waals surface area contributed by atoms with Crippen LogP contribution in [-0.2, 0) is 11.2 Å². The Labute approximate surface area is 192 Å². The third-order valence-electron chi connectivity index (χ3n) is 5.80. The SMILES string of the molecule is COc1ccc(C2c3ccsc3CCN2C(=O)CN(C(=O)c2ccco2)C(C)(C)C)cc1. The summed E-state index contributed by atoms with van der Waals surface area (Å²) < 4.78 is 10.6. The van der Waals surface area contributed by atoms with Crippen molar-refractivity contribution in [2.24, 2.45) is 0 Å². The molecule has 1 aliphatic rings. The number of carbonyl (C=O) groups is 2. The second-order valence-corrected chi connectivity index (χ2v) is 9.85. The van der Waals surface area contributed by atoms with E-state index in [1.54, 1.807) is 35.5 Å². The zero-order valence-electron chi connectivity index (χ0n) is 18.8. The van der Waals surface area contributed by atoms with Crippen molar-refractivity contribution in [1.29, 1.82) is 0 Å². The average molecular weight is 453 g/mol. The lowest BCUT2D eigenvalue weighted by molar-refractivity contribution is -0.135. The molecule has 168 valence electrons. The second kappa shape index (κ2) is 8.82. The van der Waals surface area contributed by atoms with Gasteiger partial charge in [0.15, 0.2) is 5.76 Å². The van der Waals surface area contributed by atoms with Crippen LogP contribution in [-0.4, -0.2) is 47.4 Å². The summed E-state index contributed by atoms with van der Waals surface area (Å²) >= 11 is 1.73. The van der Waals surface area contributed by atoms with E-state index in [9.17, 15) is 9.59 Å². The van der Waals surface area contributed by atoms with E-state index in [-0.39, 0.29) is 30.2 Å². The van der Waals surface area contributed by atoms with Crippen LogP contribution in [0.1, 0.15) is 53.4 Å². The zero-order valence-corrected chi connectivity index (χ0v) is 19.6. The third kappa shape index (κ3) is 4.30. The molecule has 0 spiro atoms. The van der Waals surface area contributed by atoms with Gasteiger partial charge in [0.2, 0.25) is 5.91 Å². The van der Waals surface area contributed by atoms with Gasteiger partial charge in [-0.15, -0.1) is 11.3 Å². The van der Waals surface area contributed by atoms with Gasteiger partial charge in [0.1, 0.15) is 12.3 Å². The van der Waals surface area contributed by atoms with Crippen LogP contribution in [0.5, 0.6) is 5.75 Å². The van der Waals surface area contributed by atoms with Gasteiger partial charge in [-0.2, -0.15) is 0 Å². The molecule has 0 aliphatic carbocycles. The Morgan fingerprint density at radius 1 is 1.19 bits per heavy atom. The fraction of sp³-hybridized carbons (Fsp3) is 0.360. The molecule has 0 fully saturated rings. The second-order valence-electron chi connectivity index (χ2n) is 8.85. The molecule has 1 aromatic carbocycles. The molecule has 0 saturated heterocycles. The molecule has 2 aromatic heterocycles. The largest absolute Gasteiger partial charge is 0.497 e. The van der Waals surface area contributed by atoms with Gasteiger partial charge in [-0.1, -0.05) is 12.1 Å². The highest BCUT2D eigenvalue weighted by Crippen LogP contribution is 2.38. The van der Waals surface area contributed by atoms with Crippen molar-refractivity contribution >= 4 is 23.2 Å². The average Bonchev–Trinajstić information content (AvgIpc) is 3.47. The monoisotopic (exact) mass is 452 g/mol. The molecule has 1 aliphatic heterocycles. The Morgan fingerprint density at radius 2 is 1.94 bits per heavy atom. The van der Waals surface area contributed by atoms with Crippen molar-refractivity contribution in [3.05, 3.63) is 75.9 Å². The summed E-state index contributed by atoms with van der Waals surface area (Å²) in [5.74, 6) is 0.636. The number of hydrogen-bond acceptors (Lipinski definition) is 5. The van der Waals surface area contributed by atoms with Crippen molar-refractivity contribution in [1.82, 2.24) is 9.80 Å². The molecule has 32 heavy (non-hydrogen) atoms. The van der Waals surface area contributed by atoms with Crippen molar-refractivity contribution < 1.29 is 18.7 Å². The molecule has 0 saturated carbocycles. The van der Waals surface area contributed by atoms with E-state index in [4.69, 9.17) is 9.15 Å². The van der Waals surface area contributed by atoms with Crippen LogP contribution in [0.3, 0.4) is 0 Å². The lowest BCUT2D eigenvalue weighted by Gasteiger charge is -2.40. The number of amides is 2. The minimum Gasteiger partial charge on any atom is -0.497 e. The number of carbonyl (C=O) groups excluding carboxylic acids is 2. The number of furan rings is 1. The fourth-order valence-electron chi connectivity index (χ4n) is 4.10. The van der Waals surface area contributed by atoms with Crippen molar-refractivity contribution in [2.45, 2.75) is 38.8 Å². The maximum Gasteiger partial charge on any atom is 0.290 e. The number of rotatable bonds is 5. The molecule has 1 atom stereocenters. The van der Waals surface area contributed by atoms with Gasteiger partial charge in [0, 0.05) is 17.0 Å². The van der Waals surface area contributed by atoms with Crippen LogP contribution in [0.4, 0.5) is 0 Å². The van der Waals surface area contributed by atoms with E-state index < -0.39 is 5.54 Å². The molecule has 4 rings (SSSR count). The quantitative estimate of drug-likeness (QED) is 0.560. The number of thiophene rings is 1. The number of benzene rings is 1. The van der Waals surface area contributed by atoms with Crippen LogP contribution in [0, 0.1) is 0 Å². The van der Waals surface area contributed by atoms with Crippen molar-refractivity contribution in [3.63, 3.8) is 0 Å². The summed E-state index contributed by atoms with van der Waals surface area (Å²) in [6, 6.07) is 13.1. The van der Waals surface area contributed by atoms with Gasteiger partial charge in [0.25, 0.3) is 5.91 Å². The molecule has 7 heteroatoms. The number of fused-ring (bicyclic) bond motifs is 1. The first-order valence-electron chi connectivity index (χ1n) is 10.6. The topological polar surface area (TPSA) is 63.0 Å². The molecular formula is C25H28N2O4S. The summed E-state index contributed by atoms with van der Waals surface area (Å²) in [6.45, 7) is 6.37. The summed E-state index contributed by atoms with van der Waals surface area (Å²) in [7, 11) is 1.64. The Morgan fingerprint density at radius 3 is 2.56 bits per heavy atom. The summed E-state index contributed by atoms with van der Waals surface area (Å²) in [6.07, 6.45) is 2.28. The van der Waals surface area contributed by atoms with Crippen LogP contribution < -0.4 is 4.74 Å². The number of methoxy groups -OCH3 is 1. The highest BCUT2D eigenvalue weighted by molar-refractivity contribution is 7.10. The first-order valence-corrected chi connectivity index (χ1v) is 11.5. The summed E-state index contributed by atoms with van der Waals surface area (Å²) in [5.41, 5.74) is 1.64. The van der Waals surface area contributed by atoms with Gasteiger partial charge in [-0.05, 0) is 74.0 Å². The van der Waals surface area contributed by atoms with Crippen LogP contribution >= 0.6 is 11.3 Å². The lowest BCUT2D eigenvalue weighted by atomic mass is 9.93. The third-order valence-corrected chi connectivity index (χ3v) is 6.79. The standard InChI is InChI=1S/C25H28N2O4S/c1-25(2,3)27(24(29)20-6-5-14-31-20)16-22(28)26-13-11-21-19(12-15-32-21)23(26)17-7-9-18(30-4)10-8-17/h5-10,12,14-15,23H,11,13,16H2,1-4H3. The minimum atomic E-state index is -0.543. The van der Waals surface area contributed by atoms with E-state index >= 15 is 0 Å². The molecule has 0 bridgehead atoms. The highest BCUT2D eigenvalue weighted by Gasteiger charge is 2.37. The Hall–Kier alpha value is -3.06. The Bertz CT molecular complexity index is 1080. The van der Waals surface area contributed by atoms with E-state index in [0.717, 1.165) is 23.3 Å². The van der Waals surface area contributed by atoms with E-state index in [1.807, 2.05) is 49.9 Å². The molecule has 0 N–H and O–H groups in total. The maximum absolute atomic E-state index is 13.6. The lowest BCUT2D eigenvalue weighted by Crippen LogP contribution is -2.52. The van der Waals surface area contributed by atoms with Gasteiger partial charge >= 0.3 is 0 Å². The molecule has 1 unspecified atom stereocenters. The number of nitrogens with zero attached hydrogens (tertiary/aromatic N) is 2. The van der Waals surface area contributed by atoms with Gasteiger partial charge in [0.05, 0.1) is 19.4 Å². The van der Waals surface area contributed by atoms with Gasteiger partial charge in [-0.25, -0.2) is 0 Å². The first-order chi connectivity index (χ1) is 15.3. The highest BCUT2D eigenvalue weighted by atomic mass is 32.1. The summed E-state index contributed by atoms with van der Waals surface area (Å²) in [5, 5.41) is 2.08. The number of ether oxygens (including phenoxy) is 1. The minimum absolute atomic E-state index is 0.0187. The molecule has 0 radical (unpaired) electrons. The Balaban J connectivity index is 1.65. The van der Waals surface area contributed by atoms with Crippen molar-refractivity contribution in [2.75, 3.05) is 20.2 Å². The van der Waals surface area contributed by atoms with Gasteiger partial charge in [-0.3, -0.25) is 9.59 Å². The molecule has 3 aromatic rings. The zero-order chi connectivity index (χ0) is 22.9. The maximum atomic E-state index is 13.6. The van der Waals surface area contributed by atoms with E-state index in [2.05, 4.69) is 11.4 Å². The normalized spacial score (nSPS) is 15.9. The smallest absolute Gasteiger partial charge is 0.290 e. The predicted octanol–water partition coefficient (Wildman–Crippen LogP) is 4.76. The van der Waals surface area contributed by atoms with Crippen LogP contribution in [0.25, 0.3) is 0 Å². The van der Waals surface area contributed by atoms with E-state index in [0.29, 0.717) is 6.54 Å². The summed E-state index contributed by atoms with van der Waals surface area (Å²) in [4.78, 5) is 31.5. The van der Waals surface area contributed by atoms with Crippen molar-refractivity contribution in [3.8, 4) is 5.75 Å². The molecule has 2 amide bonds. The molecular weight excluding hydrogens is 424 g/mol. The first kappa shape index (κ1) is 22.1. The Kier molecular flexibility index (Phi) is 6.11. The predicted molar refractivity (Wildman–Crippen MR) is 124 cm³/mol. The van der Waals surface area contributed by atoms with E-state index in [1.165, 1.54) is 11.1 Å². The number of hydrogen-bond donors (Lipinski definition) is 0. The van der Waals surface area contributed by atoms with Crippen LogP contribution in [0.2, 0.25) is 0 Å². The molecule has 6 nitrogen and oxygen atoms in total. The van der Waals surface area contributed by atoms with Crippen LogP contribution in [0.15, 0.2) is 58.5 Å². The molecule has 3 heterocycles. The fourth-order valence-corrected chi connectivity index (χ4v) is 5.01.